The van der Waals surface area contributed by atoms with Gasteiger partial charge in [0.05, 0.1) is 11.4 Å². The van der Waals surface area contributed by atoms with Crippen LogP contribution in [0.5, 0.6) is 0 Å². The van der Waals surface area contributed by atoms with Gasteiger partial charge in [-0.25, -0.2) is 8.78 Å². The van der Waals surface area contributed by atoms with Gasteiger partial charge in [0.25, 0.3) is 12.3 Å². The number of thiophene rings is 1. The highest BCUT2D eigenvalue weighted by Crippen LogP contribution is 2.29. The molecule has 0 aliphatic heterocycles. The summed E-state index contributed by atoms with van der Waals surface area (Å²) in [6.07, 6.45) is 2.96. The molecule has 0 atom stereocenters. The van der Waals surface area contributed by atoms with Crippen LogP contribution in [0.1, 0.15) is 39.4 Å². The standard InChI is InChI=1S/C14H18ClF2NOS/c15-6-7-18(9-13(16)17)14(19)12-8-10-4-2-1-3-5-11(10)20-12/h8,13H,1-7,9H2. The highest BCUT2D eigenvalue weighted by molar-refractivity contribution is 7.14. The molecule has 0 N–H and O–H groups in total. The molecule has 1 aromatic rings. The number of hydrogen-bond acceptors (Lipinski definition) is 2. The predicted octanol–water partition coefficient (Wildman–Crippen LogP) is 3.96. The van der Waals surface area contributed by atoms with Crippen molar-refractivity contribution in [2.24, 2.45) is 0 Å². The molecule has 1 heterocycles. The summed E-state index contributed by atoms with van der Waals surface area (Å²) in [4.78, 5) is 15.3. The summed E-state index contributed by atoms with van der Waals surface area (Å²) in [5.74, 6) is -0.146. The largest absolute Gasteiger partial charge is 0.331 e. The number of aryl methyl sites for hydroxylation is 2. The van der Waals surface area contributed by atoms with Crippen molar-refractivity contribution < 1.29 is 13.6 Å². The van der Waals surface area contributed by atoms with E-state index in [4.69, 9.17) is 11.6 Å². The number of hydrogen-bond donors (Lipinski definition) is 0. The van der Waals surface area contributed by atoms with E-state index in [1.165, 1.54) is 28.2 Å². The molecule has 20 heavy (non-hydrogen) atoms. The van der Waals surface area contributed by atoms with Gasteiger partial charge in [-0.15, -0.1) is 22.9 Å². The first kappa shape index (κ1) is 15.7. The molecule has 112 valence electrons. The third kappa shape index (κ3) is 3.92. The molecular weight excluding hydrogens is 304 g/mol. The molecule has 2 rings (SSSR count). The molecule has 1 aliphatic rings. The Morgan fingerprint density at radius 1 is 1.35 bits per heavy atom. The molecule has 0 fully saturated rings. The molecule has 0 radical (unpaired) electrons. The Morgan fingerprint density at radius 2 is 2.10 bits per heavy atom. The minimum atomic E-state index is -2.53. The fourth-order valence-corrected chi connectivity index (χ4v) is 3.90. The van der Waals surface area contributed by atoms with E-state index in [1.54, 1.807) is 0 Å². The van der Waals surface area contributed by atoms with Crippen LogP contribution in [0.2, 0.25) is 0 Å². The smallest absolute Gasteiger partial charge is 0.264 e. The van der Waals surface area contributed by atoms with Gasteiger partial charge in [0.2, 0.25) is 0 Å². The van der Waals surface area contributed by atoms with Crippen molar-refractivity contribution in [2.75, 3.05) is 19.0 Å². The van der Waals surface area contributed by atoms with Crippen molar-refractivity contribution in [3.05, 3.63) is 21.4 Å². The summed E-state index contributed by atoms with van der Waals surface area (Å²) in [5.41, 5.74) is 1.22. The lowest BCUT2D eigenvalue weighted by Gasteiger charge is -2.20. The molecular formula is C14H18ClF2NOS. The third-order valence-corrected chi connectivity index (χ3v) is 4.85. The van der Waals surface area contributed by atoms with Crippen LogP contribution in [-0.2, 0) is 12.8 Å². The summed E-state index contributed by atoms with van der Waals surface area (Å²) in [6, 6.07) is 1.89. The Labute approximate surface area is 126 Å². The molecule has 0 saturated heterocycles. The van der Waals surface area contributed by atoms with Gasteiger partial charge >= 0.3 is 0 Å². The Hall–Kier alpha value is -0.680. The molecule has 0 bridgehead atoms. The summed E-state index contributed by atoms with van der Waals surface area (Å²) in [6.45, 7) is -0.387. The maximum Gasteiger partial charge on any atom is 0.264 e. The van der Waals surface area contributed by atoms with Crippen LogP contribution < -0.4 is 0 Å². The van der Waals surface area contributed by atoms with Crippen molar-refractivity contribution in [1.82, 2.24) is 4.90 Å². The monoisotopic (exact) mass is 321 g/mol. The van der Waals surface area contributed by atoms with E-state index in [9.17, 15) is 13.6 Å². The fourth-order valence-electron chi connectivity index (χ4n) is 2.47. The first-order valence-corrected chi connectivity index (χ1v) is 8.22. The van der Waals surface area contributed by atoms with Crippen LogP contribution in [-0.4, -0.2) is 36.2 Å². The highest BCUT2D eigenvalue weighted by Gasteiger charge is 2.23. The normalized spacial score (nSPS) is 15.0. The van der Waals surface area contributed by atoms with Crippen LogP contribution in [0.4, 0.5) is 8.78 Å². The lowest BCUT2D eigenvalue weighted by atomic mass is 10.1. The zero-order valence-electron chi connectivity index (χ0n) is 11.2. The number of halogens is 3. The van der Waals surface area contributed by atoms with Crippen LogP contribution in [0, 0.1) is 0 Å². The Bertz CT molecular complexity index is 441. The first-order valence-electron chi connectivity index (χ1n) is 6.86. The first-order chi connectivity index (χ1) is 9.61. The number of amides is 1. The van der Waals surface area contributed by atoms with Crippen molar-refractivity contribution in [1.29, 1.82) is 0 Å². The van der Waals surface area contributed by atoms with Crippen LogP contribution >= 0.6 is 22.9 Å². The van der Waals surface area contributed by atoms with E-state index in [1.807, 2.05) is 6.07 Å². The maximum absolute atomic E-state index is 12.5. The topological polar surface area (TPSA) is 20.3 Å². The van der Waals surface area contributed by atoms with E-state index >= 15 is 0 Å². The van der Waals surface area contributed by atoms with Crippen LogP contribution in [0.25, 0.3) is 0 Å². The van der Waals surface area contributed by atoms with Gasteiger partial charge in [0.1, 0.15) is 0 Å². The number of carbonyl (C=O) groups is 1. The quantitative estimate of drug-likeness (QED) is 0.593. The van der Waals surface area contributed by atoms with Crippen molar-refractivity contribution in [3.63, 3.8) is 0 Å². The van der Waals surface area contributed by atoms with Gasteiger partial charge in [-0.05, 0) is 37.3 Å². The van der Waals surface area contributed by atoms with E-state index < -0.39 is 13.0 Å². The Kier molecular flexibility index (Phi) is 5.78. The molecule has 0 spiro atoms. The second-order valence-corrected chi connectivity index (χ2v) is 6.47. The lowest BCUT2D eigenvalue weighted by Crippen LogP contribution is -2.36. The van der Waals surface area contributed by atoms with E-state index in [0.717, 1.165) is 30.6 Å². The molecule has 1 amide bonds. The maximum atomic E-state index is 12.5. The SMILES string of the molecule is O=C(c1cc2c(s1)CCCCC2)N(CCCl)CC(F)F. The molecule has 0 unspecified atom stereocenters. The van der Waals surface area contributed by atoms with Crippen LogP contribution in [0.15, 0.2) is 6.07 Å². The average molecular weight is 322 g/mol. The molecule has 1 aliphatic carbocycles. The van der Waals surface area contributed by atoms with Crippen molar-refractivity contribution >= 4 is 28.8 Å². The second-order valence-electron chi connectivity index (χ2n) is 4.95. The van der Waals surface area contributed by atoms with Gasteiger partial charge in [0.15, 0.2) is 0 Å². The summed E-state index contributed by atoms with van der Waals surface area (Å²) in [5, 5.41) is 0. The number of rotatable bonds is 5. The Balaban J connectivity index is 2.14. The molecule has 0 saturated carbocycles. The zero-order chi connectivity index (χ0) is 14.5. The number of fused-ring (bicyclic) bond motifs is 1. The van der Waals surface area contributed by atoms with E-state index in [-0.39, 0.29) is 18.3 Å². The Morgan fingerprint density at radius 3 is 2.80 bits per heavy atom. The van der Waals surface area contributed by atoms with E-state index in [2.05, 4.69) is 0 Å². The van der Waals surface area contributed by atoms with Gasteiger partial charge in [-0.2, -0.15) is 0 Å². The third-order valence-electron chi connectivity index (χ3n) is 3.46. The minimum absolute atomic E-state index is 0.160. The highest BCUT2D eigenvalue weighted by atomic mass is 35.5. The van der Waals surface area contributed by atoms with Crippen LogP contribution in [0.3, 0.4) is 0 Å². The lowest BCUT2D eigenvalue weighted by molar-refractivity contribution is 0.0575. The fraction of sp³-hybridized carbons (Fsp3) is 0.643. The number of carbonyl (C=O) groups excluding carboxylic acids is 1. The van der Waals surface area contributed by atoms with Crippen molar-refractivity contribution in [2.45, 2.75) is 38.5 Å². The number of nitrogens with zero attached hydrogens (tertiary/aromatic N) is 1. The summed E-state index contributed by atoms with van der Waals surface area (Å²) >= 11 is 7.06. The average Bonchev–Trinajstić information content (AvgIpc) is 2.68. The molecule has 1 aromatic heterocycles. The molecule has 2 nitrogen and oxygen atoms in total. The summed E-state index contributed by atoms with van der Waals surface area (Å²) < 4.78 is 25.1. The van der Waals surface area contributed by atoms with E-state index in [0.29, 0.717) is 4.88 Å². The minimum Gasteiger partial charge on any atom is -0.331 e. The predicted molar refractivity (Wildman–Crippen MR) is 78.2 cm³/mol. The number of alkyl halides is 3. The van der Waals surface area contributed by atoms with Gasteiger partial charge in [0, 0.05) is 17.3 Å². The molecule has 6 heteroatoms. The van der Waals surface area contributed by atoms with Gasteiger partial charge in [-0.1, -0.05) is 6.42 Å². The van der Waals surface area contributed by atoms with Crippen molar-refractivity contribution in [3.8, 4) is 0 Å². The second kappa shape index (κ2) is 7.36. The molecule has 0 aromatic carbocycles. The summed E-state index contributed by atoms with van der Waals surface area (Å²) in [7, 11) is 0. The zero-order valence-corrected chi connectivity index (χ0v) is 12.8. The van der Waals surface area contributed by atoms with Gasteiger partial charge < -0.3 is 4.90 Å². The van der Waals surface area contributed by atoms with Gasteiger partial charge in [-0.3, -0.25) is 4.79 Å².